The molecule has 0 saturated carbocycles. The van der Waals surface area contributed by atoms with E-state index >= 15 is 0 Å². The van der Waals surface area contributed by atoms with Crippen LogP contribution in [0.15, 0.2) is 81.5 Å². The third-order valence-corrected chi connectivity index (χ3v) is 6.37. The second-order valence-electron chi connectivity index (χ2n) is 7.56. The van der Waals surface area contributed by atoms with Gasteiger partial charge in [-0.1, -0.05) is 41.6 Å². The smallest absolute Gasteiger partial charge is 0.257 e. The number of hydrazone groups is 1. The van der Waals surface area contributed by atoms with Crippen molar-refractivity contribution >= 4 is 46.3 Å². The molecule has 5 rings (SSSR count). The molecule has 0 N–H and O–H groups in total. The molecule has 4 aromatic rings. The number of ether oxygens (including phenoxy) is 2. The zero-order chi connectivity index (χ0) is 23.7. The molecule has 0 unspecified atom stereocenters. The number of carbonyl (C=O) groups excluding carboxylic acids is 1. The number of fused-ring (bicyclic) bond motifs is 1. The maximum absolute atomic E-state index is 12.3. The highest BCUT2D eigenvalue weighted by Crippen LogP contribution is 2.35. The first-order valence-electron chi connectivity index (χ1n) is 10.5. The molecule has 3 aromatic carbocycles. The molecule has 1 aliphatic rings. The van der Waals surface area contributed by atoms with Gasteiger partial charge in [0.15, 0.2) is 5.58 Å². The monoisotopic (exact) mass is 493 g/mol. The van der Waals surface area contributed by atoms with Crippen LogP contribution in [0.2, 0.25) is 5.02 Å². The molecule has 0 radical (unpaired) electrons. The van der Waals surface area contributed by atoms with Gasteiger partial charge in [-0.25, -0.2) is 4.98 Å². The normalized spacial score (nSPS) is 15.3. The van der Waals surface area contributed by atoms with Crippen molar-refractivity contribution in [2.45, 2.75) is 24.1 Å². The van der Waals surface area contributed by atoms with Gasteiger partial charge in [0.2, 0.25) is 18.0 Å². The maximum Gasteiger partial charge on any atom is 0.257 e. The summed E-state index contributed by atoms with van der Waals surface area (Å²) in [5, 5.41) is 6.87. The Bertz CT molecular complexity index is 1370. The van der Waals surface area contributed by atoms with Crippen LogP contribution in [0.5, 0.6) is 5.75 Å². The summed E-state index contributed by atoms with van der Waals surface area (Å²) in [6.07, 6.45) is -0.703. The van der Waals surface area contributed by atoms with Gasteiger partial charge in [-0.3, -0.25) is 4.79 Å². The highest BCUT2D eigenvalue weighted by molar-refractivity contribution is 7.98. The number of hydrogen-bond donors (Lipinski definition) is 0. The van der Waals surface area contributed by atoms with Crippen molar-refractivity contribution in [1.82, 2.24) is 9.99 Å². The fraction of sp³-hybridized carbons (Fsp3) is 0.160. The second kappa shape index (κ2) is 9.40. The van der Waals surface area contributed by atoms with Crippen LogP contribution >= 0.6 is 23.4 Å². The summed E-state index contributed by atoms with van der Waals surface area (Å²) >= 11 is 7.58. The van der Waals surface area contributed by atoms with Crippen molar-refractivity contribution < 1.29 is 18.7 Å². The van der Waals surface area contributed by atoms with Gasteiger partial charge in [-0.2, -0.15) is 5.01 Å². The highest BCUT2D eigenvalue weighted by atomic mass is 35.5. The molecule has 0 saturated heterocycles. The number of methoxy groups -OCH3 is 1. The van der Waals surface area contributed by atoms with Crippen molar-refractivity contribution in [3.05, 3.63) is 88.4 Å². The number of carbonyl (C=O) groups is 1. The van der Waals surface area contributed by atoms with Crippen LogP contribution in [-0.2, 0) is 15.3 Å². The molecular formula is C25H20ClN3O4S. The minimum atomic E-state index is -0.703. The standard InChI is InChI=1S/C25H20ClN3O4S/c1-15(30)29-24(33-23(28-29)16-6-5-7-19(26)13-16)17-10-11-21(31-2)18(12-17)14-34-25-27-20-8-3-4-9-22(20)32-25/h3-13,24H,14H2,1-2H3/t24-/m1/s1. The van der Waals surface area contributed by atoms with Crippen molar-refractivity contribution in [3.63, 3.8) is 0 Å². The fourth-order valence-corrected chi connectivity index (χ4v) is 4.65. The molecule has 1 atom stereocenters. The van der Waals surface area contributed by atoms with E-state index in [1.165, 1.54) is 23.7 Å². The summed E-state index contributed by atoms with van der Waals surface area (Å²) < 4.78 is 17.5. The van der Waals surface area contributed by atoms with Gasteiger partial charge in [0.25, 0.3) is 5.22 Å². The Kier molecular flexibility index (Phi) is 6.17. The average Bonchev–Trinajstić information content (AvgIpc) is 3.47. The lowest BCUT2D eigenvalue weighted by Crippen LogP contribution is -2.25. The lowest BCUT2D eigenvalue weighted by molar-refractivity contribution is -0.135. The Morgan fingerprint density at radius 3 is 2.76 bits per heavy atom. The lowest BCUT2D eigenvalue weighted by Gasteiger charge is -2.20. The number of thioether (sulfide) groups is 1. The number of hydrogen-bond acceptors (Lipinski definition) is 7. The van der Waals surface area contributed by atoms with Gasteiger partial charge >= 0.3 is 0 Å². The van der Waals surface area contributed by atoms with Crippen molar-refractivity contribution in [3.8, 4) is 5.75 Å². The van der Waals surface area contributed by atoms with Gasteiger partial charge in [0.05, 0.1) is 7.11 Å². The van der Waals surface area contributed by atoms with Crippen LogP contribution < -0.4 is 4.74 Å². The first-order chi connectivity index (χ1) is 16.5. The molecule has 0 fully saturated rings. The molecular weight excluding hydrogens is 474 g/mol. The van der Waals surface area contributed by atoms with E-state index in [2.05, 4.69) is 10.1 Å². The summed E-state index contributed by atoms with van der Waals surface area (Å²) in [7, 11) is 1.62. The molecule has 1 aromatic heterocycles. The minimum absolute atomic E-state index is 0.236. The van der Waals surface area contributed by atoms with E-state index < -0.39 is 6.23 Å². The molecule has 34 heavy (non-hydrogen) atoms. The molecule has 7 nitrogen and oxygen atoms in total. The molecule has 0 spiro atoms. The van der Waals surface area contributed by atoms with Crippen LogP contribution in [0.25, 0.3) is 11.1 Å². The maximum atomic E-state index is 12.3. The number of oxazole rings is 1. The molecule has 9 heteroatoms. The predicted molar refractivity (Wildman–Crippen MR) is 131 cm³/mol. The second-order valence-corrected chi connectivity index (χ2v) is 8.92. The average molecular weight is 494 g/mol. The van der Waals surface area contributed by atoms with Gasteiger partial charge in [-0.15, -0.1) is 5.10 Å². The van der Waals surface area contributed by atoms with Gasteiger partial charge in [0.1, 0.15) is 11.3 Å². The first kappa shape index (κ1) is 22.3. The van der Waals surface area contributed by atoms with Crippen molar-refractivity contribution in [2.75, 3.05) is 7.11 Å². The largest absolute Gasteiger partial charge is 0.496 e. The fourth-order valence-electron chi connectivity index (χ4n) is 3.64. The Morgan fingerprint density at radius 1 is 1.15 bits per heavy atom. The SMILES string of the molecule is COc1ccc([C@H]2OC(c3cccc(Cl)c3)=NN2C(C)=O)cc1CSc1nc2ccccc2o1. The summed E-state index contributed by atoms with van der Waals surface area (Å²) in [4.78, 5) is 16.9. The van der Waals surface area contributed by atoms with Crippen LogP contribution in [0, 0.1) is 0 Å². The van der Waals surface area contributed by atoms with Gasteiger partial charge in [0, 0.05) is 34.4 Å². The third-order valence-electron chi connectivity index (χ3n) is 5.25. The van der Waals surface area contributed by atoms with E-state index in [0.717, 1.165) is 28.0 Å². The first-order valence-corrected chi connectivity index (χ1v) is 11.8. The summed E-state index contributed by atoms with van der Waals surface area (Å²) in [5.41, 5.74) is 3.93. The lowest BCUT2D eigenvalue weighted by atomic mass is 10.1. The number of amides is 1. The summed E-state index contributed by atoms with van der Waals surface area (Å²) in [5.74, 6) is 1.37. The minimum Gasteiger partial charge on any atom is -0.496 e. The molecule has 1 amide bonds. The Labute approximate surface area is 205 Å². The quantitative estimate of drug-likeness (QED) is 0.305. The van der Waals surface area contributed by atoms with Crippen LogP contribution in [0.3, 0.4) is 0 Å². The number of nitrogens with zero attached hydrogens (tertiary/aromatic N) is 3. The molecule has 2 heterocycles. The molecule has 0 bridgehead atoms. The van der Waals surface area contributed by atoms with Gasteiger partial charge < -0.3 is 13.9 Å². The van der Waals surface area contributed by atoms with E-state index in [1.54, 1.807) is 19.2 Å². The highest BCUT2D eigenvalue weighted by Gasteiger charge is 2.33. The number of rotatable bonds is 6. The Morgan fingerprint density at radius 2 is 2.00 bits per heavy atom. The topological polar surface area (TPSA) is 77.2 Å². The zero-order valence-corrected chi connectivity index (χ0v) is 20.0. The Balaban J connectivity index is 1.41. The number of halogens is 1. The van der Waals surface area contributed by atoms with E-state index in [9.17, 15) is 4.79 Å². The Hall–Kier alpha value is -3.49. The van der Waals surface area contributed by atoms with Crippen LogP contribution in [0.4, 0.5) is 0 Å². The van der Waals surface area contributed by atoms with E-state index in [4.69, 9.17) is 25.5 Å². The van der Waals surface area contributed by atoms with Crippen LogP contribution in [-0.4, -0.2) is 28.9 Å². The van der Waals surface area contributed by atoms with Crippen LogP contribution in [0.1, 0.15) is 29.8 Å². The van der Waals surface area contributed by atoms with E-state index in [1.807, 2.05) is 54.6 Å². The summed E-state index contributed by atoms with van der Waals surface area (Å²) in [6, 6.07) is 20.5. The predicted octanol–water partition coefficient (Wildman–Crippen LogP) is 6.02. The van der Waals surface area contributed by atoms with Crippen molar-refractivity contribution in [1.29, 1.82) is 0 Å². The summed E-state index contributed by atoms with van der Waals surface area (Å²) in [6.45, 7) is 1.45. The number of aromatic nitrogens is 1. The zero-order valence-electron chi connectivity index (χ0n) is 18.4. The molecule has 0 aliphatic carbocycles. The third kappa shape index (κ3) is 4.47. The van der Waals surface area contributed by atoms with Gasteiger partial charge in [-0.05, 0) is 48.5 Å². The van der Waals surface area contributed by atoms with E-state index in [-0.39, 0.29) is 5.91 Å². The number of para-hydroxylation sites is 2. The van der Waals surface area contributed by atoms with E-state index in [0.29, 0.717) is 27.5 Å². The molecule has 172 valence electrons. The van der Waals surface area contributed by atoms with Crippen molar-refractivity contribution in [2.24, 2.45) is 5.10 Å². The number of benzene rings is 3. The molecule has 1 aliphatic heterocycles.